The molecule has 0 radical (unpaired) electrons. The monoisotopic (exact) mass is 356 g/mol. The Kier molecular flexibility index (Phi) is 7.48. The average molecular weight is 356 g/mol. The first-order chi connectivity index (χ1) is 12.5. The van der Waals surface area contributed by atoms with Crippen molar-refractivity contribution < 1.29 is 14.3 Å². The highest BCUT2D eigenvalue weighted by Crippen LogP contribution is 2.21. The molecule has 1 unspecified atom stereocenters. The quantitative estimate of drug-likeness (QED) is 0.750. The molecule has 0 spiro atoms. The lowest BCUT2D eigenvalue weighted by atomic mass is 10.1. The number of nitrogens with zero attached hydrogens (tertiary/aromatic N) is 1. The molecule has 0 aliphatic carbocycles. The number of likely N-dealkylation sites (N-methyl/N-ethyl adjacent to an activating group) is 1. The average Bonchev–Trinajstić information content (AvgIpc) is 2.67. The number of methoxy groups -OCH3 is 2. The molecule has 0 aromatic heterocycles. The number of hydrogen-bond donors (Lipinski definition) is 1. The van der Waals surface area contributed by atoms with Crippen molar-refractivity contribution in [3.05, 3.63) is 59.7 Å². The first-order valence-electron chi connectivity index (χ1n) is 8.73. The Morgan fingerprint density at radius 3 is 2.35 bits per heavy atom. The van der Waals surface area contributed by atoms with Crippen LogP contribution >= 0.6 is 0 Å². The molecule has 5 heteroatoms. The number of aryl methyl sites for hydroxylation is 1. The van der Waals surface area contributed by atoms with Crippen LogP contribution in [0.5, 0.6) is 11.5 Å². The van der Waals surface area contributed by atoms with E-state index in [1.165, 1.54) is 0 Å². The zero-order valence-corrected chi connectivity index (χ0v) is 16.0. The number of amides is 1. The summed E-state index contributed by atoms with van der Waals surface area (Å²) in [5, 5.41) is 3.05. The Labute approximate surface area is 155 Å². The van der Waals surface area contributed by atoms with Gasteiger partial charge in [0.25, 0.3) is 0 Å². The van der Waals surface area contributed by atoms with Crippen molar-refractivity contribution in [1.29, 1.82) is 0 Å². The molecule has 2 aromatic carbocycles. The number of nitrogens with one attached hydrogen (secondary N) is 1. The maximum atomic E-state index is 12.2. The molecule has 26 heavy (non-hydrogen) atoms. The molecule has 0 fully saturated rings. The molecule has 2 aromatic rings. The number of carbonyl (C=O) groups is 1. The molecule has 0 saturated carbocycles. The van der Waals surface area contributed by atoms with Gasteiger partial charge in [-0.05, 0) is 55.9 Å². The Morgan fingerprint density at radius 2 is 1.73 bits per heavy atom. The molecule has 2 rings (SSSR count). The number of benzene rings is 2. The first kappa shape index (κ1) is 19.8. The molecule has 1 atom stereocenters. The third kappa shape index (κ3) is 5.77. The highest BCUT2D eigenvalue weighted by Gasteiger charge is 2.15. The molecule has 5 nitrogen and oxygen atoms in total. The van der Waals surface area contributed by atoms with Crippen LogP contribution in [-0.4, -0.2) is 45.7 Å². The topological polar surface area (TPSA) is 50.8 Å². The van der Waals surface area contributed by atoms with Crippen molar-refractivity contribution >= 4 is 5.91 Å². The van der Waals surface area contributed by atoms with Crippen LogP contribution in [-0.2, 0) is 11.2 Å². The summed E-state index contributed by atoms with van der Waals surface area (Å²) < 4.78 is 10.4. The van der Waals surface area contributed by atoms with Crippen LogP contribution in [0.3, 0.4) is 0 Å². The van der Waals surface area contributed by atoms with E-state index in [0.717, 1.165) is 22.6 Å². The predicted molar refractivity (Wildman–Crippen MR) is 104 cm³/mol. The van der Waals surface area contributed by atoms with Gasteiger partial charge in [-0.25, -0.2) is 0 Å². The fraction of sp³-hybridized carbons (Fsp3) is 0.381. The minimum Gasteiger partial charge on any atom is -0.497 e. The van der Waals surface area contributed by atoms with Crippen LogP contribution < -0.4 is 14.8 Å². The van der Waals surface area contributed by atoms with Crippen molar-refractivity contribution in [2.75, 3.05) is 34.9 Å². The fourth-order valence-electron chi connectivity index (χ4n) is 2.81. The van der Waals surface area contributed by atoms with Crippen molar-refractivity contribution in [3.63, 3.8) is 0 Å². The SMILES string of the molecule is COc1ccc(C(CNC(=O)CCc2cccc(OC)c2)N(C)C)cc1. The van der Waals surface area contributed by atoms with Gasteiger partial charge in [-0.3, -0.25) is 4.79 Å². The predicted octanol–water partition coefficient (Wildman–Crippen LogP) is 3.06. The molecule has 0 bridgehead atoms. The van der Waals surface area contributed by atoms with Crippen LogP contribution in [0.1, 0.15) is 23.6 Å². The molecule has 1 N–H and O–H groups in total. The van der Waals surface area contributed by atoms with E-state index in [1.807, 2.05) is 62.6 Å². The van der Waals surface area contributed by atoms with Gasteiger partial charge < -0.3 is 19.7 Å². The summed E-state index contributed by atoms with van der Waals surface area (Å²) in [6.45, 7) is 0.566. The number of rotatable bonds is 9. The van der Waals surface area contributed by atoms with Crippen molar-refractivity contribution in [2.45, 2.75) is 18.9 Å². The van der Waals surface area contributed by atoms with Gasteiger partial charge >= 0.3 is 0 Å². The third-order valence-electron chi connectivity index (χ3n) is 4.39. The van der Waals surface area contributed by atoms with E-state index in [1.54, 1.807) is 14.2 Å². The largest absolute Gasteiger partial charge is 0.497 e. The van der Waals surface area contributed by atoms with Crippen LogP contribution in [0.25, 0.3) is 0 Å². The van der Waals surface area contributed by atoms with E-state index in [2.05, 4.69) is 10.2 Å². The first-order valence-corrected chi connectivity index (χ1v) is 8.73. The molecule has 1 amide bonds. The fourth-order valence-corrected chi connectivity index (χ4v) is 2.81. The summed E-state index contributed by atoms with van der Waals surface area (Å²) in [4.78, 5) is 14.4. The van der Waals surface area contributed by atoms with E-state index >= 15 is 0 Å². The van der Waals surface area contributed by atoms with E-state index in [9.17, 15) is 4.79 Å². The normalized spacial score (nSPS) is 11.9. The van der Waals surface area contributed by atoms with Crippen LogP contribution in [0.2, 0.25) is 0 Å². The second kappa shape index (κ2) is 9.82. The van der Waals surface area contributed by atoms with Crippen LogP contribution in [0, 0.1) is 0 Å². The minimum absolute atomic E-state index is 0.0492. The van der Waals surface area contributed by atoms with Crippen LogP contribution in [0.15, 0.2) is 48.5 Å². The zero-order chi connectivity index (χ0) is 18.9. The van der Waals surface area contributed by atoms with Gasteiger partial charge in [0.2, 0.25) is 5.91 Å². The van der Waals surface area contributed by atoms with E-state index in [4.69, 9.17) is 9.47 Å². The van der Waals surface area contributed by atoms with Gasteiger partial charge in [-0.15, -0.1) is 0 Å². The molecular weight excluding hydrogens is 328 g/mol. The Morgan fingerprint density at radius 1 is 1.04 bits per heavy atom. The van der Waals surface area contributed by atoms with E-state index in [0.29, 0.717) is 19.4 Å². The number of ether oxygens (including phenoxy) is 2. The summed E-state index contributed by atoms with van der Waals surface area (Å²) in [5.41, 5.74) is 2.24. The van der Waals surface area contributed by atoms with Gasteiger partial charge in [0.05, 0.1) is 20.3 Å². The van der Waals surface area contributed by atoms with Gasteiger partial charge in [-0.2, -0.15) is 0 Å². The minimum atomic E-state index is 0.0492. The highest BCUT2D eigenvalue weighted by atomic mass is 16.5. The zero-order valence-electron chi connectivity index (χ0n) is 16.0. The smallest absolute Gasteiger partial charge is 0.220 e. The maximum Gasteiger partial charge on any atom is 0.220 e. The summed E-state index contributed by atoms with van der Waals surface area (Å²) in [6, 6.07) is 15.9. The van der Waals surface area contributed by atoms with Crippen molar-refractivity contribution in [1.82, 2.24) is 10.2 Å². The van der Waals surface area contributed by atoms with Gasteiger partial charge in [0, 0.05) is 13.0 Å². The molecule has 140 valence electrons. The summed E-state index contributed by atoms with van der Waals surface area (Å²) in [5.74, 6) is 1.69. The number of hydrogen-bond acceptors (Lipinski definition) is 4. The maximum absolute atomic E-state index is 12.2. The molecule has 0 heterocycles. The van der Waals surface area contributed by atoms with Crippen LogP contribution in [0.4, 0.5) is 0 Å². The summed E-state index contributed by atoms with van der Waals surface area (Å²) >= 11 is 0. The van der Waals surface area contributed by atoms with Crippen molar-refractivity contribution in [2.24, 2.45) is 0 Å². The third-order valence-corrected chi connectivity index (χ3v) is 4.39. The second-order valence-electron chi connectivity index (χ2n) is 6.41. The van der Waals surface area contributed by atoms with E-state index < -0.39 is 0 Å². The lowest BCUT2D eigenvalue weighted by Crippen LogP contribution is -2.34. The highest BCUT2D eigenvalue weighted by molar-refractivity contribution is 5.76. The summed E-state index contributed by atoms with van der Waals surface area (Å²) in [6.07, 6.45) is 1.15. The molecule has 0 aliphatic rings. The number of carbonyl (C=O) groups excluding carboxylic acids is 1. The van der Waals surface area contributed by atoms with Gasteiger partial charge in [0.1, 0.15) is 11.5 Å². The van der Waals surface area contributed by atoms with Crippen molar-refractivity contribution in [3.8, 4) is 11.5 Å². The van der Waals surface area contributed by atoms with Gasteiger partial charge in [0.15, 0.2) is 0 Å². The molecular formula is C21H28N2O3. The lowest BCUT2D eigenvalue weighted by Gasteiger charge is -2.25. The van der Waals surface area contributed by atoms with Gasteiger partial charge in [-0.1, -0.05) is 24.3 Å². The Hall–Kier alpha value is -2.53. The Bertz CT molecular complexity index is 699. The summed E-state index contributed by atoms with van der Waals surface area (Å²) in [7, 11) is 7.32. The molecule has 0 saturated heterocycles. The molecule has 0 aliphatic heterocycles. The van der Waals surface area contributed by atoms with E-state index in [-0.39, 0.29) is 11.9 Å². The Balaban J connectivity index is 1.88. The standard InChI is InChI=1S/C21H28N2O3/c1-23(2)20(17-9-11-18(25-3)12-10-17)15-22-21(24)13-8-16-6-5-7-19(14-16)26-4/h5-7,9-12,14,20H,8,13,15H2,1-4H3,(H,22,24). The lowest BCUT2D eigenvalue weighted by molar-refractivity contribution is -0.121. The second-order valence-corrected chi connectivity index (χ2v) is 6.41.